The molecule has 3 rings (SSSR count). The Labute approximate surface area is 147 Å². The molecule has 0 fully saturated rings. The molecule has 0 amide bonds. The van der Waals surface area contributed by atoms with E-state index in [-0.39, 0.29) is 10.9 Å². The average Bonchev–Trinajstić information content (AvgIpc) is 3.11. The zero-order valence-electron chi connectivity index (χ0n) is 14.3. The van der Waals surface area contributed by atoms with Gasteiger partial charge in [-0.15, -0.1) is 0 Å². The molecule has 0 saturated carbocycles. The first-order valence-corrected chi connectivity index (χ1v) is 9.40. The van der Waals surface area contributed by atoms with Crippen molar-refractivity contribution >= 4 is 10.0 Å². The molecule has 0 aliphatic rings. The second-order valence-electron chi connectivity index (χ2n) is 6.02. The summed E-state index contributed by atoms with van der Waals surface area (Å²) in [7, 11) is -3.58. The second-order valence-corrected chi connectivity index (χ2v) is 7.73. The van der Waals surface area contributed by atoms with Gasteiger partial charge in [-0.3, -0.25) is 0 Å². The third-order valence-corrected chi connectivity index (χ3v) is 5.74. The van der Waals surface area contributed by atoms with Crippen molar-refractivity contribution in [1.29, 1.82) is 0 Å². The summed E-state index contributed by atoms with van der Waals surface area (Å²) in [6.45, 7) is 5.68. The van der Waals surface area contributed by atoms with Gasteiger partial charge in [0.05, 0.1) is 10.6 Å². The topological polar surface area (TPSA) is 76.9 Å². The lowest BCUT2D eigenvalue weighted by molar-refractivity contribution is 0.567. The quantitative estimate of drug-likeness (QED) is 0.762. The molecule has 0 saturated heterocycles. The molecule has 7 heteroatoms. The van der Waals surface area contributed by atoms with Gasteiger partial charge in [-0.25, -0.2) is 22.8 Å². The minimum atomic E-state index is -3.58. The number of benzene rings is 2. The van der Waals surface area contributed by atoms with Crippen molar-refractivity contribution in [1.82, 2.24) is 19.5 Å². The molecule has 0 spiro atoms. The van der Waals surface area contributed by atoms with Crippen molar-refractivity contribution in [2.75, 3.05) is 0 Å². The smallest absolute Gasteiger partial charge is 0.223 e. The van der Waals surface area contributed by atoms with Gasteiger partial charge in [0.1, 0.15) is 12.7 Å². The molecule has 0 aliphatic carbocycles. The number of hydrogen-bond acceptors (Lipinski definition) is 4. The van der Waals surface area contributed by atoms with Crippen molar-refractivity contribution in [3.8, 4) is 5.69 Å². The predicted molar refractivity (Wildman–Crippen MR) is 96.0 cm³/mol. The van der Waals surface area contributed by atoms with Gasteiger partial charge in [-0.1, -0.05) is 18.2 Å². The SMILES string of the molecule is Cc1ccc(S(=O)(=O)N[C@@H](C)c2ccc(-n3cncn3)cc2)cc1C. The highest BCUT2D eigenvalue weighted by molar-refractivity contribution is 7.89. The minimum Gasteiger partial charge on any atom is -0.223 e. The van der Waals surface area contributed by atoms with Crippen LogP contribution in [0.15, 0.2) is 60.0 Å². The van der Waals surface area contributed by atoms with Gasteiger partial charge in [0.2, 0.25) is 10.0 Å². The van der Waals surface area contributed by atoms with E-state index in [0.717, 1.165) is 22.4 Å². The van der Waals surface area contributed by atoms with E-state index in [1.54, 1.807) is 23.1 Å². The Kier molecular flexibility index (Phi) is 4.69. The first kappa shape index (κ1) is 17.3. The van der Waals surface area contributed by atoms with Crippen LogP contribution in [0.5, 0.6) is 0 Å². The van der Waals surface area contributed by atoms with Crippen molar-refractivity contribution in [3.63, 3.8) is 0 Å². The van der Waals surface area contributed by atoms with Gasteiger partial charge in [0.25, 0.3) is 0 Å². The molecule has 3 aromatic rings. The van der Waals surface area contributed by atoms with E-state index in [0.29, 0.717) is 0 Å². The number of aryl methyl sites for hydroxylation is 2. The fourth-order valence-electron chi connectivity index (χ4n) is 2.51. The zero-order chi connectivity index (χ0) is 18.0. The maximum Gasteiger partial charge on any atom is 0.241 e. The Morgan fingerprint density at radius 1 is 1.04 bits per heavy atom. The Balaban J connectivity index is 1.78. The molecule has 0 aliphatic heterocycles. The highest BCUT2D eigenvalue weighted by atomic mass is 32.2. The maximum atomic E-state index is 12.6. The summed E-state index contributed by atoms with van der Waals surface area (Å²) in [5.74, 6) is 0. The van der Waals surface area contributed by atoms with E-state index in [9.17, 15) is 8.42 Å². The molecule has 0 bridgehead atoms. The van der Waals surface area contributed by atoms with Gasteiger partial charge in [0, 0.05) is 6.04 Å². The van der Waals surface area contributed by atoms with E-state index >= 15 is 0 Å². The predicted octanol–water partition coefficient (Wildman–Crippen LogP) is 2.92. The molecule has 0 unspecified atom stereocenters. The van der Waals surface area contributed by atoms with Crippen LogP contribution in [-0.4, -0.2) is 23.2 Å². The van der Waals surface area contributed by atoms with Crippen LogP contribution in [0.3, 0.4) is 0 Å². The Morgan fingerprint density at radius 2 is 1.76 bits per heavy atom. The van der Waals surface area contributed by atoms with Gasteiger partial charge in [0.15, 0.2) is 0 Å². The fourth-order valence-corrected chi connectivity index (χ4v) is 3.82. The molecule has 1 atom stereocenters. The van der Waals surface area contributed by atoms with E-state index in [2.05, 4.69) is 14.8 Å². The van der Waals surface area contributed by atoms with Crippen molar-refractivity contribution in [3.05, 3.63) is 71.8 Å². The standard InChI is InChI=1S/C18H20N4O2S/c1-13-4-9-18(10-14(13)2)25(23,24)21-15(3)16-5-7-17(8-6-16)22-12-19-11-20-22/h4-12,15,21H,1-3H3/t15-/m0/s1. The van der Waals surface area contributed by atoms with Crippen LogP contribution >= 0.6 is 0 Å². The van der Waals surface area contributed by atoms with Crippen molar-refractivity contribution in [2.45, 2.75) is 31.7 Å². The van der Waals surface area contributed by atoms with Gasteiger partial charge >= 0.3 is 0 Å². The summed E-state index contributed by atoms with van der Waals surface area (Å²) in [6.07, 6.45) is 3.08. The first-order chi connectivity index (χ1) is 11.9. The lowest BCUT2D eigenvalue weighted by Crippen LogP contribution is -2.27. The van der Waals surface area contributed by atoms with E-state index in [1.165, 1.54) is 6.33 Å². The van der Waals surface area contributed by atoms with Crippen LogP contribution in [0.4, 0.5) is 0 Å². The highest BCUT2D eigenvalue weighted by Crippen LogP contribution is 2.20. The minimum absolute atomic E-state index is 0.279. The lowest BCUT2D eigenvalue weighted by Gasteiger charge is -2.16. The maximum absolute atomic E-state index is 12.6. The lowest BCUT2D eigenvalue weighted by atomic mass is 10.1. The molecule has 1 heterocycles. The molecule has 25 heavy (non-hydrogen) atoms. The Bertz CT molecular complexity index is 965. The number of sulfonamides is 1. The van der Waals surface area contributed by atoms with E-state index in [4.69, 9.17) is 0 Å². The molecule has 1 aromatic heterocycles. The van der Waals surface area contributed by atoms with Crippen molar-refractivity contribution < 1.29 is 8.42 Å². The monoisotopic (exact) mass is 356 g/mol. The second kappa shape index (κ2) is 6.78. The molecular weight excluding hydrogens is 336 g/mol. The normalized spacial score (nSPS) is 12.9. The summed E-state index contributed by atoms with van der Waals surface area (Å²) < 4.78 is 29.6. The molecule has 1 N–H and O–H groups in total. The molecular formula is C18H20N4O2S. The molecule has 130 valence electrons. The molecule has 2 aromatic carbocycles. The summed E-state index contributed by atoms with van der Waals surface area (Å²) >= 11 is 0. The summed E-state index contributed by atoms with van der Waals surface area (Å²) in [4.78, 5) is 4.19. The van der Waals surface area contributed by atoms with Crippen LogP contribution in [-0.2, 0) is 10.0 Å². The average molecular weight is 356 g/mol. The summed E-state index contributed by atoms with van der Waals surface area (Å²) in [5, 5.41) is 4.07. The van der Waals surface area contributed by atoms with E-state index in [1.807, 2.05) is 51.1 Å². The zero-order valence-corrected chi connectivity index (χ0v) is 15.2. The van der Waals surface area contributed by atoms with Crippen LogP contribution in [0, 0.1) is 13.8 Å². The van der Waals surface area contributed by atoms with Gasteiger partial charge in [-0.05, 0) is 61.7 Å². The van der Waals surface area contributed by atoms with Gasteiger partial charge in [-0.2, -0.15) is 5.10 Å². The third-order valence-electron chi connectivity index (χ3n) is 4.20. The summed E-state index contributed by atoms with van der Waals surface area (Å²) in [5.41, 5.74) is 3.75. The Morgan fingerprint density at radius 3 is 2.36 bits per heavy atom. The number of aromatic nitrogens is 3. The summed E-state index contributed by atoms with van der Waals surface area (Å²) in [6, 6.07) is 12.3. The van der Waals surface area contributed by atoms with Crippen LogP contribution in [0.25, 0.3) is 5.69 Å². The number of nitrogens with one attached hydrogen (secondary N) is 1. The highest BCUT2D eigenvalue weighted by Gasteiger charge is 2.19. The van der Waals surface area contributed by atoms with Crippen LogP contribution in [0.2, 0.25) is 0 Å². The fraction of sp³-hybridized carbons (Fsp3) is 0.222. The number of nitrogens with zero attached hydrogens (tertiary/aromatic N) is 3. The van der Waals surface area contributed by atoms with Gasteiger partial charge < -0.3 is 0 Å². The number of hydrogen-bond donors (Lipinski definition) is 1. The largest absolute Gasteiger partial charge is 0.241 e. The Hall–Kier alpha value is -2.51. The van der Waals surface area contributed by atoms with Crippen LogP contribution in [0.1, 0.15) is 29.7 Å². The molecule has 6 nitrogen and oxygen atoms in total. The molecule has 0 radical (unpaired) electrons. The van der Waals surface area contributed by atoms with Crippen LogP contribution < -0.4 is 4.72 Å². The number of rotatable bonds is 5. The third kappa shape index (κ3) is 3.78. The van der Waals surface area contributed by atoms with Crippen molar-refractivity contribution in [2.24, 2.45) is 0 Å². The van der Waals surface area contributed by atoms with E-state index < -0.39 is 10.0 Å². The first-order valence-electron chi connectivity index (χ1n) is 7.91.